The average Bonchev–Trinajstić information content (AvgIpc) is 2.06. The van der Waals surface area contributed by atoms with Crippen LogP contribution in [0, 0.1) is 5.92 Å². The maximum Gasteiger partial charge on any atom is 0.0436 e. The third kappa shape index (κ3) is 3.40. The summed E-state index contributed by atoms with van der Waals surface area (Å²) in [5.74, 6) is 0.572. The van der Waals surface area contributed by atoms with Gasteiger partial charge in [0, 0.05) is 6.61 Å². The van der Waals surface area contributed by atoms with Gasteiger partial charge in [0.05, 0.1) is 0 Å². The standard InChI is InChI=1S/C11H20O/c1-10(7-8-12)9-11-5-3-2-4-6-11/h9-10,12H,2-8H2,1H3. The van der Waals surface area contributed by atoms with Crippen LogP contribution in [0.25, 0.3) is 0 Å². The molecule has 1 heteroatoms. The highest BCUT2D eigenvalue weighted by molar-refractivity contribution is 5.05. The molecule has 1 nitrogen and oxygen atoms in total. The molecule has 1 atom stereocenters. The van der Waals surface area contributed by atoms with Crippen molar-refractivity contribution in [3.8, 4) is 0 Å². The van der Waals surface area contributed by atoms with E-state index in [1.54, 1.807) is 5.57 Å². The quantitative estimate of drug-likeness (QED) is 0.642. The fourth-order valence-electron chi connectivity index (χ4n) is 1.86. The molecule has 0 radical (unpaired) electrons. The third-order valence-corrected chi connectivity index (χ3v) is 2.60. The van der Waals surface area contributed by atoms with Gasteiger partial charge in [0.15, 0.2) is 0 Å². The Morgan fingerprint density at radius 3 is 2.58 bits per heavy atom. The summed E-state index contributed by atoms with van der Waals surface area (Å²) in [7, 11) is 0. The van der Waals surface area contributed by atoms with Gasteiger partial charge in [-0.15, -0.1) is 0 Å². The van der Waals surface area contributed by atoms with Crippen molar-refractivity contribution in [2.75, 3.05) is 6.61 Å². The van der Waals surface area contributed by atoms with E-state index in [1.807, 2.05) is 0 Å². The lowest BCUT2D eigenvalue weighted by Crippen LogP contribution is -1.99. The first-order valence-electron chi connectivity index (χ1n) is 5.13. The van der Waals surface area contributed by atoms with E-state index < -0.39 is 0 Å². The van der Waals surface area contributed by atoms with Gasteiger partial charge < -0.3 is 5.11 Å². The van der Waals surface area contributed by atoms with Crippen molar-refractivity contribution in [2.24, 2.45) is 5.92 Å². The summed E-state index contributed by atoms with van der Waals surface area (Å²) < 4.78 is 0. The molecule has 1 fully saturated rings. The van der Waals surface area contributed by atoms with Crippen LogP contribution < -0.4 is 0 Å². The molecule has 0 aromatic heterocycles. The summed E-state index contributed by atoms with van der Waals surface area (Å²) in [4.78, 5) is 0. The van der Waals surface area contributed by atoms with Crippen LogP contribution in [-0.2, 0) is 0 Å². The van der Waals surface area contributed by atoms with Crippen molar-refractivity contribution in [3.63, 3.8) is 0 Å². The molecule has 0 heterocycles. The molecule has 1 saturated carbocycles. The van der Waals surface area contributed by atoms with Gasteiger partial charge in [0.25, 0.3) is 0 Å². The number of allylic oxidation sites excluding steroid dienone is 2. The van der Waals surface area contributed by atoms with Gasteiger partial charge in [0.1, 0.15) is 0 Å². The fraction of sp³-hybridized carbons (Fsp3) is 0.818. The summed E-state index contributed by atoms with van der Waals surface area (Å²) in [6.07, 6.45) is 10.0. The second-order valence-corrected chi connectivity index (χ2v) is 3.88. The molecule has 0 aromatic carbocycles. The van der Waals surface area contributed by atoms with Crippen molar-refractivity contribution < 1.29 is 5.11 Å². The minimum Gasteiger partial charge on any atom is -0.396 e. The normalized spacial score (nSPS) is 20.7. The Morgan fingerprint density at radius 2 is 2.00 bits per heavy atom. The second kappa shape index (κ2) is 5.36. The maximum absolute atomic E-state index is 8.74. The molecular formula is C11H20O. The maximum atomic E-state index is 8.74. The molecule has 0 bridgehead atoms. The highest BCUT2D eigenvalue weighted by atomic mass is 16.2. The van der Waals surface area contributed by atoms with E-state index in [2.05, 4.69) is 13.0 Å². The number of aliphatic hydroxyl groups is 1. The number of hydrogen-bond acceptors (Lipinski definition) is 1. The number of rotatable bonds is 3. The Kier molecular flexibility index (Phi) is 4.37. The molecule has 1 N–H and O–H groups in total. The van der Waals surface area contributed by atoms with E-state index in [9.17, 15) is 0 Å². The van der Waals surface area contributed by atoms with E-state index in [0.717, 1.165) is 6.42 Å². The predicted molar refractivity (Wildman–Crippen MR) is 52.0 cm³/mol. The van der Waals surface area contributed by atoms with E-state index >= 15 is 0 Å². The molecule has 1 aliphatic rings. The van der Waals surface area contributed by atoms with E-state index in [1.165, 1.54) is 32.1 Å². The van der Waals surface area contributed by atoms with Crippen molar-refractivity contribution >= 4 is 0 Å². The second-order valence-electron chi connectivity index (χ2n) is 3.88. The zero-order valence-electron chi connectivity index (χ0n) is 8.05. The van der Waals surface area contributed by atoms with Crippen LogP contribution in [0.3, 0.4) is 0 Å². The summed E-state index contributed by atoms with van der Waals surface area (Å²) in [6.45, 7) is 2.52. The monoisotopic (exact) mass is 168 g/mol. The molecule has 0 amide bonds. The molecule has 0 aromatic rings. The smallest absolute Gasteiger partial charge is 0.0436 e. The highest BCUT2D eigenvalue weighted by Gasteiger charge is 2.06. The van der Waals surface area contributed by atoms with E-state index in [4.69, 9.17) is 5.11 Å². The molecule has 1 aliphatic carbocycles. The largest absolute Gasteiger partial charge is 0.396 e. The van der Waals surface area contributed by atoms with Crippen LogP contribution >= 0.6 is 0 Å². The van der Waals surface area contributed by atoms with Crippen LogP contribution in [0.2, 0.25) is 0 Å². The van der Waals surface area contributed by atoms with Crippen molar-refractivity contribution in [2.45, 2.75) is 45.4 Å². The van der Waals surface area contributed by atoms with Crippen molar-refractivity contribution in [1.82, 2.24) is 0 Å². The van der Waals surface area contributed by atoms with Crippen LogP contribution in [0.5, 0.6) is 0 Å². The molecule has 12 heavy (non-hydrogen) atoms. The minimum absolute atomic E-state index is 0.324. The fourth-order valence-corrected chi connectivity index (χ4v) is 1.86. The zero-order chi connectivity index (χ0) is 8.81. The van der Waals surface area contributed by atoms with Gasteiger partial charge in [-0.2, -0.15) is 0 Å². The first-order valence-corrected chi connectivity index (χ1v) is 5.13. The molecule has 0 aliphatic heterocycles. The van der Waals surface area contributed by atoms with Gasteiger partial charge in [-0.3, -0.25) is 0 Å². The molecule has 0 saturated heterocycles. The number of hydrogen-bond donors (Lipinski definition) is 1. The lowest BCUT2D eigenvalue weighted by atomic mass is 9.92. The van der Waals surface area contributed by atoms with E-state index in [-0.39, 0.29) is 0 Å². The summed E-state index contributed by atoms with van der Waals surface area (Å²) in [5, 5.41) is 8.74. The van der Waals surface area contributed by atoms with Gasteiger partial charge in [0.2, 0.25) is 0 Å². The Labute approximate surface area is 75.5 Å². The lowest BCUT2D eigenvalue weighted by Gasteiger charge is -2.15. The summed E-state index contributed by atoms with van der Waals surface area (Å²) in [6, 6.07) is 0. The lowest BCUT2D eigenvalue weighted by molar-refractivity contribution is 0.273. The SMILES string of the molecule is CC(C=C1CCCCC1)CCO. The predicted octanol–water partition coefficient (Wildman–Crippen LogP) is 2.90. The Hall–Kier alpha value is -0.300. The molecule has 1 rings (SSSR count). The van der Waals surface area contributed by atoms with Crippen molar-refractivity contribution in [1.29, 1.82) is 0 Å². The summed E-state index contributed by atoms with van der Waals surface area (Å²) >= 11 is 0. The van der Waals surface area contributed by atoms with Crippen LogP contribution in [0.15, 0.2) is 11.6 Å². The first-order chi connectivity index (χ1) is 5.83. The van der Waals surface area contributed by atoms with Gasteiger partial charge >= 0.3 is 0 Å². The molecule has 0 spiro atoms. The first kappa shape index (κ1) is 9.79. The Morgan fingerprint density at radius 1 is 1.33 bits per heavy atom. The van der Waals surface area contributed by atoms with Crippen LogP contribution in [0.4, 0.5) is 0 Å². The average molecular weight is 168 g/mol. The molecule has 1 unspecified atom stereocenters. The highest BCUT2D eigenvalue weighted by Crippen LogP contribution is 2.24. The Balaban J connectivity index is 2.32. The Bertz CT molecular complexity index is 141. The van der Waals surface area contributed by atoms with Crippen LogP contribution in [-0.4, -0.2) is 11.7 Å². The van der Waals surface area contributed by atoms with Gasteiger partial charge in [-0.05, 0) is 38.0 Å². The van der Waals surface area contributed by atoms with Crippen LogP contribution in [0.1, 0.15) is 45.4 Å². The number of aliphatic hydroxyl groups excluding tert-OH is 1. The molecular weight excluding hydrogens is 148 g/mol. The topological polar surface area (TPSA) is 20.2 Å². The van der Waals surface area contributed by atoms with Crippen molar-refractivity contribution in [3.05, 3.63) is 11.6 Å². The summed E-state index contributed by atoms with van der Waals surface area (Å²) in [5.41, 5.74) is 1.63. The van der Waals surface area contributed by atoms with E-state index in [0.29, 0.717) is 12.5 Å². The van der Waals surface area contributed by atoms with Gasteiger partial charge in [-0.1, -0.05) is 25.0 Å². The zero-order valence-corrected chi connectivity index (χ0v) is 8.05. The van der Waals surface area contributed by atoms with Gasteiger partial charge in [-0.25, -0.2) is 0 Å². The minimum atomic E-state index is 0.324. The molecule has 70 valence electrons. The third-order valence-electron chi connectivity index (χ3n) is 2.60.